The summed E-state index contributed by atoms with van der Waals surface area (Å²) < 4.78 is 1.37. The van der Waals surface area contributed by atoms with Crippen molar-refractivity contribution >= 4 is 0 Å². The smallest absolute Gasteiger partial charge is 0.267 e. The van der Waals surface area contributed by atoms with Gasteiger partial charge in [-0.05, 0) is 37.7 Å². The van der Waals surface area contributed by atoms with Crippen molar-refractivity contribution < 1.29 is 5.11 Å². The first kappa shape index (κ1) is 11.3. The number of hydrogen-bond donors (Lipinski definition) is 1. The Labute approximate surface area is 94.9 Å². The van der Waals surface area contributed by atoms with Crippen LogP contribution < -0.4 is 5.56 Å². The van der Waals surface area contributed by atoms with Gasteiger partial charge in [0.1, 0.15) is 0 Å². The van der Waals surface area contributed by atoms with Gasteiger partial charge in [-0.3, -0.25) is 4.79 Å². The molecule has 0 radical (unpaired) electrons. The molecule has 0 aliphatic heterocycles. The molecule has 16 heavy (non-hydrogen) atoms. The van der Waals surface area contributed by atoms with E-state index in [1.807, 2.05) is 0 Å². The topological polar surface area (TPSA) is 55.1 Å². The fourth-order valence-electron chi connectivity index (χ4n) is 2.20. The molecule has 0 aromatic carbocycles. The molecule has 0 amide bonds. The molecule has 4 nitrogen and oxygen atoms in total. The quantitative estimate of drug-likeness (QED) is 0.803. The summed E-state index contributed by atoms with van der Waals surface area (Å²) in [4.78, 5) is 11.7. The number of aromatic nitrogens is 2. The van der Waals surface area contributed by atoms with Gasteiger partial charge in [0, 0.05) is 6.07 Å². The maximum absolute atomic E-state index is 11.7. The van der Waals surface area contributed by atoms with Gasteiger partial charge in [0.25, 0.3) is 5.56 Å². The van der Waals surface area contributed by atoms with Crippen molar-refractivity contribution in [3.05, 3.63) is 27.7 Å². The van der Waals surface area contributed by atoms with E-state index in [1.54, 1.807) is 13.0 Å². The molecular formula is C12H18N2O2. The summed E-state index contributed by atoms with van der Waals surface area (Å²) in [6.45, 7) is 4.14. The van der Waals surface area contributed by atoms with Gasteiger partial charge in [-0.25, -0.2) is 4.68 Å². The van der Waals surface area contributed by atoms with E-state index in [-0.39, 0.29) is 12.1 Å². The number of rotatable bonds is 2. The molecule has 2 atom stereocenters. The third kappa shape index (κ3) is 2.32. The lowest BCUT2D eigenvalue weighted by molar-refractivity contribution is 0.165. The number of aryl methyl sites for hydroxylation is 1. The van der Waals surface area contributed by atoms with E-state index in [2.05, 4.69) is 12.0 Å². The van der Waals surface area contributed by atoms with Gasteiger partial charge in [-0.2, -0.15) is 5.10 Å². The maximum atomic E-state index is 11.7. The van der Waals surface area contributed by atoms with Gasteiger partial charge in [0.2, 0.25) is 0 Å². The molecule has 0 saturated carbocycles. The summed E-state index contributed by atoms with van der Waals surface area (Å²) in [5.74, 6) is 0.640. The van der Waals surface area contributed by atoms with E-state index in [1.165, 1.54) is 4.68 Å². The first-order valence-electron chi connectivity index (χ1n) is 5.84. The predicted molar refractivity (Wildman–Crippen MR) is 61.4 cm³/mol. The SMILES string of the molecule is CC(O)Cn1nc2c(cc1=O)CC(C)CC2. The molecule has 88 valence electrons. The fourth-order valence-corrected chi connectivity index (χ4v) is 2.20. The summed E-state index contributed by atoms with van der Waals surface area (Å²) >= 11 is 0. The third-order valence-corrected chi connectivity index (χ3v) is 3.04. The third-order valence-electron chi connectivity index (χ3n) is 3.04. The van der Waals surface area contributed by atoms with Crippen LogP contribution >= 0.6 is 0 Å². The lowest BCUT2D eigenvalue weighted by Gasteiger charge is -2.21. The highest BCUT2D eigenvalue weighted by atomic mass is 16.3. The zero-order valence-corrected chi connectivity index (χ0v) is 9.81. The number of fused-ring (bicyclic) bond motifs is 1. The molecule has 1 heterocycles. The Morgan fingerprint density at radius 2 is 2.44 bits per heavy atom. The average molecular weight is 222 g/mol. The van der Waals surface area contributed by atoms with Gasteiger partial charge >= 0.3 is 0 Å². The zero-order chi connectivity index (χ0) is 11.7. The van der Waals surface area contributed by atoms with Crippen molar-refractivity contribution in [3.8, 4) is 0 Å². The largest absolute Gasteiger partial charge is 0.391 e. The van der Waals surface area contributed by atoms with Gasteiger partial charge < -0.3 is 5.11 Å². The Kier molecular flexibility index (Phi) is 3.10. The minimum atomic E-state index is -0.536. The highest BCUT2D eigenvalue weighted by Gasteiger charge is 2.18. The van der Waals surface area contributed by atoms with Crippen LogP contribution in [0.4, 0.5) is 0 Å². The second-order valence-electron chi connectivity index (χ2n) is 4.83. The van der Waals surface area contributed by atoms with E-state index >= 15 is 0 Å². The molecule has 1 aromatic heterocycles. The van der Waals surface area contributed by atoms with Gasteiger partial charge in [0.15, 0.2) is 0 Å². The lowest BCUT2D eigenvalue weighted by atomic mass is 9.88. The summed E-state index contributed by atoms with van der Waals surface area (Å²) in [5, 5.41) is 13.6. The van der Waals surface area contributed by atoms with E-state index in [9.17, 15) is 9.90 Å². The molecule has 1 N–H and O–H groups in total. The Bertz CT molecular complexity index is 437. The van der Waals surface area contributed by atoms with Crippen molar-refractivity contribution in [2.24, 2.45) is 5.92 Å². The Balaban J connectivity index is 2.34. The average Bonchev–Trinajstić information content (AvgIpc) is 2.19. The van der Waals surface area contributed by atoms with Crippen molar-refractivity contribution in [1.29, 1.82) is 0 Å². The standard InChI is InChI=1S/C12H18N2O2/c1-8-3-4-11-10(5-8)6-12(16)14(13-11)7-9(2)15/h6,8-9,15H,3-5,7H2,1-2H3. The number of aliphatic hydroxyl groups is 1. The van der Waals surface area contributed by atoms with Gasteiger partial charge in [0.05, 0.1) is 18.3 Å². The van der Waals surface area contributed by atoms with E-state index in [0.29, 0.717) is 5.92 Å². The lowest BCUT2D eigenvalue weighted by Crippen LogP contribution is -2.30. The molecule has 1 aliphatic carbocycles. The van der Waals surface area contributed by atoms with E-state index in [0.717, 1.165) is 30.5 Å². The summed E-state index contributed by atoms with van der Waals surface area (Å²) in [6, 6.07) is 1.68. The highest BCUT2D eigenvalue weighted by molar-refractivity contribution is 5.21. The number of hydrogen-bond acceptors (Lipinski definition) is 3. The summed E-state index contributed by atoms with van der Waals surface area (Å²) in [7, 11) is 0. The molecule has 1 aliphatic rings. The van der Waals surface area contributed by atoms with Crippen LogP contribution in [0.3, 0.4) is 0 Å². The van der Waals surface area contributed by atoms with Crippen molar-refractivity contribution in [1.82, 2.24) is 9.78 Å². The molecule has 0 bridgehead atoms. The van der Waals surface area contributed by atoms with E-state index < -0.39 is 6.10 Å². The molecule has 2 rings (SSSR count). The first-order valence-corrected chi connectivity index (χ1v) is 5.84. The normalized spacial score (nSPS) is 21.6. The predicted octanol–water partition coefficient (Wildman–Crippen LogP) is 0.749. The van der Waals surface area contributed by atoms with Crippen molar-refractivity contribution in [2.75, 3.05) is 0 Å². The van der Waals surface area contributed by atoms with Crippen LogP contribution in [0.1, 0.15) is 31.5 Å². The van der Waals surface area contributed by atoms with Crippen LogP contribution in [0.5, 0.6) is 0 Å². The minimum absolute atomic E-state index is 0.103. The first-order chi connectivity index (χ1) is 7.56. The van der Waals surface area contributed by atoms with Gasteiger partial charge in [-0.15, -0.1) is 0 Å². The molecule has 0 fully saturated rings. The van der Waals surface area contributed by atoms with Crippen LogP contribution in [0.15, 0.2) is 10.9 Å². The van der Waals surface area contributed by atoms with Crippen LogP contribution in [0, 0.1) is 5.92 Å². The summed E-state index contributed by atoms with van der Waals surface area (Å²) in [5.41, 5.74) is 2.01. The van der Waals surface area contributed by atoms with E-state index in [4.69, 9.17) is 0 Å². The molecule has 4 heteroatoms. The van der Waals surface area contributed by atoms with Crippen LogP contribution in [-0.4, -0.2) is 21.0 Å². The molecule has 0 spiro atoms. The molecule has 0 saturated heterocycles. The van der Waals surface area contributed by atoms with Crippen LogP contribution in [-0.2, 0) is 19.4 Å². The molecule has 2 unspecified atom stereocenters. The minimum Gasteiger partial charge on any atom is -0.391 e. The van der Waals surface area contributed by atoms with Gasteiger partial charge in [-0.1, -0.05) is 6.92 Å². The second-order valence-corrected chi connectivity index (χ2v) is 4.83. The Morgan fingerprint density at radius 1 is 1.69 bits per heavy atom. The van der Waals surface area contributed by atoms with Crippen LogP contribution in [0.25, 0.3) is 0 Å². The highest BCUT2D eigenvalue weighted by Crippen LogP contribution is 2.22. The summed E-state index contributed by atoms with van der Waals surface area (Å²) in [6.07, 6.45) is 2.49. The number of aliphatic hydroxyl groups excluding tert-OH is 1. The monoisotopic (exact) mass is 222 g/mol. The number of nitrogens with zero attached hydrogens (tertiary/aromatic N) is 2. The Morgan fingerprint density at radius 3 is 3.12 bits per heavy atom. The zero-order valence-electron chi connectivity index (χ0n) is 9.81. The van der Waals surface area contributed by atoms with Crippen molar-refractivity contribution in [2.45, 2.75) is 45.8 Å². The maximum Gasteiger partial charge on any atom is 0.267 e. The Hall–Kier alpha value is -1.16. The molecular weight excluding hydrogens is 204 g/mol. The molecule has 1 aromatic rings. The second kappa shape index (κ2) is 4.37. The van der Waals surface area contributed by atoms with Crippen LogP contribution in [0.2, 0.25) is 0 Å². The van der Waals surface area contributed by atoms with Crippen molar-refractivity contribution in [3.63, 3.8) is 0 Å². The fraction of sp³-hybridized carbons (Fsp3) is 0.667.